The summed E-state index contributed by atoms with van der Waals surface area (Å²) in [7, 11) is 0. The predicted molar refractivity (Wildman–Crippen MR) is 338 cm³/mol. The quantitative estimate of drug-likeness (QED) is 0.0199. The molecule has 0 saturated carbocycles. The molecule has 502 valence electrons. The maximum absolute atomic E-state index is 10.3. The Balaban J connectivity index is -0.000000315. The number of unbranched alkanes of at least 4 members (excludes halogenated alkanes) is 33. The van der Waals surface area contributed by atoms with Crippen LogP contribution in [0.4, 0.5) is 0 Å². The van der Waals surface area contributed by atoms with Crippen LogP contribution >= 0.6 is 0 Å². The second kappa shape index (κ2) is 74.4. The number of hydrogen-bond donors (Lipinski definition) is 15. The maximum atomic E-state index is 10.3. The molecule has 0 spiro atoms. The fourth-order valence-corrected chi connectivity index (χ4v) is 8.38. The Morgan fingerprint density at radius 1 is 0.250 bits per heavy atom. The van der Waals surface area contributed by atoms with Gasteiger partial charge in [0.15, 0.2) is 0 Å². The van der Waals surface area contributed by atoms with Crippen LogP contribution in [0.3, 0.4) is 0 Å². The van der Waals surface area contributed by atoms with Crippen LogP contribution < -0.4 is 0 Å². The lowest BCUT2D eigenvalue weighted by molar-refractivity contribution is -0.138. The lowest BCUT2D eigenvalue weighted by Gasteiger charge is -2.24. The minimum absolute atomic E-state index is 0.332. The number of hydrogen-bond acceptors (Lipinski definition) is 15. The van der Waals surface area contributed by atoms with Crippen molar-refractivity contribution in [3.8, 4) is 0 Å². The Labute approximate surface area is 509 Å². The van der Waals surface area contributed by atoms with Crippen LogP contribution in [0.5, 0.6) is 0 Å². The van der Waals surface area contributed by atoms with E-state index in [0.717, 1.165) is 38.5 Å². The van der Waals surface area contributed by atoms with Crippen molar-refractivity contribution < 1.29 is 91.0 Å². The predicted octanol–water partition coefficient (Wildman–Crippen LogP) is 11.2. The van der Waals surface area contributed by atoms with Gasteiger partial charge >= 0.3 is 17.9 Å². The molecule has 18 heteroatoms. The summed E-state index contributed by atoms with van der Waals surface area (Å²) in [6.07, 6.45) is 50.9. The van der Waals surface area contributed by atoms with Crippen LogP contribution in [0.1, 0.15) is 290 Å². The number of carbonyl (C=O) groups is 3. The van der Waals surface area contributed by atoms with Gasteiger partial charge in [-0.25, -0.2) is 0 Å². The van der Waals surface area contributed by atoms with Crippen molar-refractivity contribution in [2.24, 2.45) is 0 Å². The second-order valence-corrected chi connectivity index (χ2v) is 22.1. The highest BCUT2D eigenvalue weighted by atomic mass is 16.4. The first kappa shape index (κ1) is 89.9. The molecule has 0 aromatic heterocycles. The van der Waals surface area contributed by atoms with Crippen LogP contribution in [0.25, 0.3) is 0 Å². The van der Waals surface area contributed by atoms with E-state index in [9.17, 15) is 14.4 Å². The molecule has 0 aromatic rings. The molecule has 18 nitrogen and oxygen atoms in total. The van der Waals surface area contributed by atoms with Gasteiger partial charge < -0.3 is 76.6 Å². The highest BCUT2D eigenvalue weighted by Gasteiger charge is 2.30. The summed E-state index contributed by atoms with van der Waals surface area (Å²) in [5.74, 6) is -1.99. The van der Waals surface area contributed by atoms with E-state index < -0.39 is 93.2 Å². The lowest BCUT2D eigenvalue weighted by Crippen LogP contribution is -2.46. The number of aliphatic hydroxyl groups excluding tert-OH is 12. The summed E-state index contributed by atoms with van der Waals surface area (Å²) in [6.45, 7) is 3.87. The van der Waals surface area contributed by atoms with Crippen molar-refractivity contribution in [2.75, 3.05) is 26.4 Å². The average Bonchev–Trinajstić information content (AvgIpc) is 3.50. The van der Waals surface area contributed by atoms with Crippen LogP contribution in [-0.2, 0) is 14.4 Å². The van der Waals surface area contributed by atoms with Crippen LogP contribution in [0.15, 0.2) is 36.5 Å². The third kappa shape index (κ3) is 75.2. The average molecular weight is 1210 g/mol. The fourth-order valence-electron chi connectivity index (χ4n) is 8.38. The first-order valence-corrected chi connectivity index (χ1v) is 32.9. The minimum Gasteiger partial charge on any atom is -0.481 e. The number of rotatable bonds is 55. The van der Waals surface area contributed by atoms with Crippen LogP contribution in [-0.4, -0.2) is 170 Å². The van der Waals surface area contributed by atoms with E-state index >= 15 is 0 Å². The van der Waals surface area contributed by atoms with Crippen molar-refractivity contribution >= 4 is 17.9 Å². The van der Waals surface area contributed by atoms with E-state index in [1.54, 1.807) is 0 Å². The van der Waals surface area contributed by atoms with Gasteiger partial charge in [-0.05, 0) is 96.3 Å². The van der Waals surface area contributed by atoms with E-state index in [0.29, 0.717) is 19.3 Å². The maximum Gasteiger partial charge on any atom is 0.303 e. The molecule has 0 aliphatic rings. The van der Waals surface area contributed by atoms with Crippen LogP contribution in [0.2, 0.25) is 0 Å². The summed E-state index contributed by atoms with van der Waals surface area (Å²) in [5, 5.41) is 130. The zero-order chi connectivity index (χ0) is 64.1. The van der Waals surface area contributed by atoms with Gasteiger partial charge in [0.05, 0.1) is 26.4 Å². The highest BCUT2D eigenvalue weighted by molar-refractivity contribution is 5.67. The molecular weight excluding hydrogens is 1080 g/mol. The Kier molecular flexibility index (Phi) is 79.6. The summed E-state index contributed by atoms with van der Waals surface area (Å²) in [4.78, 5) is 31.0. The number of aliphatic hydroxyl groups is 12. The smallest absolute Gasteiger partial charge is 0.303 e. The van der Waals surface area contributed by atoms with Gasteiger partial charge in [0.25, 0.3) is 0 Å². The van der Waals surface area contributed by atoms with E-state index in [1.807, 2.05) is 0 Å². The largest absolute Gasteiger partial charge is 0.481 e. The fraction of sp³-hybridized carbons (Fsp3) is 0.864. The van der Waals surface area contributed by atoms with Gasteiger partial charge in [0, 0.05) is 19.3 Å². The van der Waals surface area contributed by atoms with E-state index in [1.165, 1.54) is 212 Å². The van der Waals surface area contributed by atoms with E-state index in [4.69, 9.17) is 76.6 Å². The summed E-state index contributed by atoms with van der Waals surface area (Å²) in [6, 6.07) is 0. The van der Waals surface area contributed by atoms with Crippen molar-refractivity contribution in [3.63, 3.8) is 0 Å². The molecule has 0 aliphatic carbocycles. The normalized spacial score (nSPS) is 14.2. The summed E-state index contributed by atoms with van der Waals surface area (Å²) >= 11 is 0. The minimum atomic E-state index is -1.67. The van der Waals surface area contributed by atoms with E-state index in [-0.39, 0.29) is 0 Å². The third-order valence-electron chi connectivity index (χ3n) is 14.0. The number of carboxylic acid groups (broad SMARTS) is 3. The van der Waals surface area contributed by atoms with Gasteiger partial charge in [-0.1, -0.05) is 211 Å². The molecule has 8 unspecified atom stereocenters. The number of carboxylic acids is 3. The monoisotopic (exact) mass is 1210 g/mol. The molecular formula is C66H130O18. The van der Waals surface area contributed by atoms with Crippen molar-refractivity contribution in [3.05, 3.63) is 36.5 Å². The molecule has 0 radical (unpaired) electrons. The molecule has 0 fully saturated rings. The van der Waals surface area contributed by atoms with Gasteiger partial charge in [-0.15, -0.1) is 0 Å². The molecule has 8 atom stereocenters. The van der Waals surface area contributed by atoms with Crippen molar-refractivity contribution in [1.82, 2.24) is 0 Å². The SMILES string of the molecule is CCCCCCCCC=CCCCCCCCC(=O)O.CCCCCCCCC=CCCCCCCCC(=O)O.CCCCCCCCC=CCCCCCCCC(=O)O.OCC(O)C(O)C(O)C(O)CO.OCC(O)C(O)C(O)C(O)CO. The first-order valence-electron chi connectivity index (χ1n) is 32.9. The topological polar surface area (TPSA) is 355 Å². The summed E-state index contributed by atoms with van der Waals surface area (Å²) < 4.78 is 0. The number of allylic oxidation sites excluding steroid dienone is 6. The molecule has 0 rings (SSSR count). The van der Waals surface area contributed by atoms with Crippen LogP contribution in [0, 0.1) is 0 Å². The molecule has 0 amide bonds. The molecule has 84 heavy (non-hydrogen) atoms. The first-order chi connectivity index (χ1) is 40.4. The lowest BCUT2D eigenvalue weighted by atomic mass is 10.0. The molecule has 15 N–H and O–H groups in total. The zero-order valence-electron chi connectivity index (χ0n) is 53.0. The molecule has 0 aliphatic heterocycles. The van der Waals surface area contributed by atoms with Crippen molar-refractivity contribution in [1.29, 1.82) is 0 Å². The highest BCUT2D eigenvalue weighted by Crippen LogP contribution is 2.14. The molecule has 0 aromatic carbocycles. The van der Waals surface area contributed by atoms with Gasteiger partial charge in [0.2, 0.25) is 0 Å². The summed E-state index contributed by atoms with van der Waals surface area (Å²) in [5.41, 5.74) is 0. The Morgan fingerprint density at radius 3 is 0.536 bits per heavy atom. The standard InChI is InChI=1S/3C18H34O2.2C6H14O6/c3*1-2-3-4-5-6-7-8-9-10-11-12-13-14-15-16-17-18(19)20;2*7-1-3(9)5(11)6(12)4(10)2-8/h3*9-10H,2-8,11-17H2,1H3,(H,19,20);2*3-12H,1-2H2. The molecule has 0 bridgehead atoms. The second-order valence-electron chi connectivity index (χ2n) is 22.1. The van der Waals surface area contributed by atoms with E-state index in [2.05, 4.69) is 57.2 Å². The molecule has 0 saturated heterocycles. The van der Waals surface area contributed by atoms with Crippen molar-refractivity contribution in [2.45, 2.75) is 339 Å². The zero-order valence-corrected chi connectivity index (χ0v) is 53.0. The van der Waals surface area contributed by atoms with Gasteiger partial charge in [-0.3, -0.25) is 14.4 Å². The van der Waals surface area contributed by atoms with Gasteiger partial charge in [0.1, 0.15) is 48.8 Å². The Hall–Kier alpha value is -2.85. The Morgan fingerprint density at radius 2 is 0.393 bits per heavy atom. The Bertz CT molecular complexity index is 1240. The molecule has 0 heterocycles. The van der Waals surface area contributed by atoms with Gasteiger partial charge in [-0.2, -0.15) is 0 Å². The third-order valence-corrected chi connectivity index (χ3v) is 14.0. The number of aliphatic carboxylic acids is 3.